The predicted molar refractivity (Wildman–Crippen MR) is 204 cm³/mol. The summed E-state index contributed by atoms with van der Waals surface area (Å²) in [5.74, 6) is 0.126. The number of allylic oxidation sites excluding steroid dienone is 1. The second kappa shape index (κ2) is 13.7. The number of ketones is 1. The van der Waals surface area contributed by atoms with Crippen LogP contribution in [0.3, 0.4) is 0 Å². The molecule has 5 aliphatic rings. The van der Waals surface area contributed by atoms with Gasteiger partial charge in [-0.25, -0.2) is 0 Å². The van der Waals surface area contributed by atoms with Gasteiger partial charge < -0.3 is 20.3 Å². The molecule has 1 aromatic rings. The lowest BCUT2D eigenvalue weighted by Crippen LogP contribution is -2.66. The normalized spacial score (nSPS) is 37.5. The minimum Gasteiger partial charge on any atom is -0.481 e. The van der Waals surface area contributed by atoms with E-state index in [0.29, 0.717) is 24.8 Å². The first-order chi connectivity index (χ1) is 24.2. The van der Waals surface area contributed by atoms with E-state index in [-0.39, 0.29) is 51.8 Å². The molecule has 9 atom stereocenters. The van der Waals surface area contributed by atoms with Crippen LogP contribution in [0.2, 0.25) is 0 Å². The van der Waals surface area contributed by atoms with Crippen molar-refractivity contribution < 1.29 is 29.3 Å². The lowest BCUT2D eigenvalue weighted by Gasteiger charge is -2.72. The van der Waals surface area contributed by atoms with Crippen LogP contribution < -0.4 is 5.32 Å². The first-order valence-corrected chi connectivity index (χ1v) is 20.4. The maximum absolute atomic E-state index is 14.0. The highest BCUT2D eigenvalue weighted by Gasteiger charge is 2.70. The molecule has 288 valence electrons. The molecule has 7 nitrogen and oxygen atoms in total. The van der Waals surface area contributed by atoms with Crippen LogP contribution in [0.25, 0.3) is 0 Å². The molecule has 4 saturated carbocycles. The Bertz CT molecular complexity index is 1580. The largest absolute Gasteiger partial charge is 0.481 e. The van der Waals surface area contributed by atoms with E-state index in [1.54, 1.807) is 13.8 Å². The van der Waals surface area contributed by atoms with Gasteiger partial charge in [0.1, 0.15) is 6.10 Å². The molecule has 5 aliphatic carbocycles. The van der Waals surface area contributed by atoms with Crippen molar-refractivity contribution >= 4 is 17.7 Å². The number of carboxylic acids is 1. The summed E-state index contributed by atoms with van der Waals surface area (Å²) in [5.41, 5.74) is 1.85. The minimum absolute atomic E-state index is 0.00379. The summed E-state index contributed by atoms with van der Waals surface area (Å²) in [4.78, 5) is 38.8. The third-order valence-electron chi connectivity index (χ3n) is 16.3. The highest BCUT2D eigenvalue weighted by Crippen LogP contribution is 2.77. The molecule has 0 saturated heterocycles. The Balaban J connectivity index is 1.24. The van der Waals surface area contributed by atoms with E-state index in [9.17, 15) is 24.6 Å². The molecule has 7 heteroatoms. The second-order valence-electron chi connectivity index (χ2n) is 20.0. The molecule has 0 aliphatic heterocycles. The average molecular weight is 718 g/mol. The SMILES string of the molecule is CC(C)C1=C2[C@H]3CC[C@@H]4[C@@]5(C)CC[C@H](OC(=O)CC(C)(C)C(=O)O)C(C)(C)C5CC[C@@]4(C)[C@]3(C)CC[C@@]2([C@H](O)CNCCc2ccccc2)CC1=O. The fourth-order valence-corrected chi connectivity index (χ4v) is 13.2. The summed E-state index contributed by atoms with van der Waals surface area (Å²) < 4.78 is 6.17. The van der Waals surface area contributed by atoms with E-state index < -0.39 is 28.9 Å². The highest BCUT2D eigenvalue weighted by molar-refractivity contribution is 6.00. The van der Waals surface area contributed by atoms with Crippen molar-refractivity contribution in [3.05, 3.63) is 47.0 Å². The number of carbonyl (C=O) groups excluding carboxylic acids is 2. The number of nitrogens with one attached hydrogen (secondary N) is 1. The van der Waals surface area contributed by atoms with Crippen LogP contribution in [0.4, 0.5) is 0 Å². The molecular weight excluding hydrogens is 650 g/mol. The molecule has 0 heterocycles. The van der Waals surface area contributed by atoms with Crippen LogP contribution in [-0.2, 0) is 25.5 Å². The second-order valence-corrected chi connectivity index (χ2v) is 20.0. The molecule has 4 fully saturated rings. The van der Waals surface area contributed by atoms with Crippen molar-refractivity contribution in [1.29, 1.82) is 0 Å². The van der Waals surface area contributed by atoms with Gasteiger partial charge in [0.2, 0.25) is 0 Å². The van der Waals surface area contributed by atoms with Crippen molar-refractivity contribution in [3.63, 3.8) is 0 Å². The number of aliphatic hydroxyl groups excluding tert-OH is 1. The van der Waals surface area contributed by atoms with Crippen LogP contribution in [0.15, 0.2) is 41.5 Å². The number of carboxylic acid groups (broad SMARTS) is 1. The predicted octanol–water partition coefficient (Wildman–Crippen LogP) is 8.57. The zero-order valence-corrected chi connectivity index (χ0v) is 33.6. The van der Waals surface area contributed by atoms with Gasteiger partial charge >= 0.3 is 11.9 Å². The van der Waals surface area contributed by atoms with Crippen LogP contribution in [0, 0.1) is 56.2 Å². The fraction of sp³-hybridized carbons (Fsp3) is 0.756. The third-order valence-corrected chi connectivity index (χ3v) is 16.3. The quantitative estimate of drug-likeness (QED) is 0.155. The van der Waals surface area contributed by atoms with Crippen molar-refractivity contribution in [2.45, 2.75) is 145 Å². The van der Waals surface area contributed by atoms with Crippen molar-refractivity contribution in [1.82, 2.24) is 5.32 Å². The monoisotopic (exact) mass is 717 g/mol. The number of hydrogen-bond donors (Lipinski definition) is 3. The molecule has 6 rings (SSSR count). The molecule has 0 aromatic heterocycles. The van der Waals surface area contributed by atoms with E-state index in [0.717, 1.165) is 69.9 Å². The topological polar surface area (TPSA) is 113 Å². The van der Waals surface area contributed by atoms with E-state index in [4.69, 9.17) is 4.74 Å². The van der Waals surface area contributed by atoms with E-state index >= 15 is 0 Å². The zero-order valence-electron chi connectivity index (χ0n) is 33.6. The van der Waals surface area contributed by atoms with Crippen LogP contribution in [0.5, 0.6) is 0 Å². The first-order valence-electron chi connectivity index (χ1n) is 20.4. The number of carbonyl (C=O) groups is 3. The summed E-state index contributed by atoms with van der Waals surface area (Å²) in [6.45, 7) is 21.0. The summed E-state index contributed by atoms with van der Waals surface area (Å²) in [6.07, 6.45) is 8.28. The number of benzene rings is 1. The Labute approximate surface area is 313 Å². The lowest BCUT2D eigenvalue weighted by atomic mass is 9.33. The number of hydrogen-bond acceptors (Lipinski definition) is 6. The molecule has 0 radical (unpaired) electrons. The summed E-state index contributed by atoms with van der Waals surface area (Å²) in [7, 11) is 0. The van der Waals surface area contributed by atoms with Crippen molar-refractivity contribution in [2.24, 2.45) is 56.2 Å². The Morgan fingerprint density at radius 2 is 1.62 bits per heavy atom. The van der Waals surface area contributed by atoms with Gasteiger partial charge in [0.15, 0.2) is 5.78 Å². The maximum atomic E-state index is 14.0. The number of esters is 1. The van der Waals surface area contributed by atoms with Crippen LogP contribution in [-0.4, -0.2) is 53.2 Å². The number of fused-ring (bicyclic) bond motifs is 7. The number of Topliss-reactive ketones (excluding diaryl/α,β-unsaturated/α-hetero) is 1. The molecule has 1 aromatic carbocycles. The smallest absolute Gasteiger partial charge is 0.309 e. The number of ether oxygens (including phenoxy) is 1. The van der Waals surface area contributed by atoms with Gasteiger partial charge in [-0.1, -0.05) is 84.4 Å². The summed E-state index contributed by atoms with van der Waals surface area (Å²) >= 11 is 0. The molecule has 0 bridgehead atoms. The first kappa shape index (κ1) is 39.2. The van der Waals surface area contributed by atoms with Gasteiger partial charge in [0.05, 0.1) is 17.9 Å². The maximum Gasteiger partial charge on any atom is 0.309 e. The highest BCUT2D eigenvalue weighted by atomic mass is 16.5. The molecular formula is C45H67NO6. The number of aliphatic carboxylic acids is 1. The lowest BCUT2D eigenvalue weighted by molar-refractivity contribution is -0.235. The van der Waals surface area contributed by atoms with Gasteiger partial charge in [-0.3, -0.25) is 14.4 Å². The van der Waals surface area contributed by atoms with Crippen LogP contribution in [0.1, 0.15) is 132 Å². The summed E-state index contributed by atoms with van der Waals surface area (Å²) in [5, 5.41) is 25.3. The molecule has 0 spiro atoms. The van der Waals surface area contributed by atoms with Gasteiger partial charge in [-0.15, -0.1) is 0 Å². The molecule has 52 heavy (non-hydrogen) atoms. The van der Waals surface area contributed by atoms with E-state index in [1.807, 2.05) is 6.07 Å². The van der Waals surface area contributed by atoms with Crippen molar-refractivity contribution in [3.8, 4) is 0 Å². The number of aliphatic hydroxyl groups is 1. The van der Waals surface area contributed by atoms with Crippen LogP contribution >= 0.6 is 0 Å². The Hall–Kier alpha value is -2.51. The average Bonchev–Trinajstić information content (AvgIpc) is 3.38. The standard InChI is InChI=1S/C45H67NO6/c1-28(2)37-31(47)25-45(34(48)27-46-24-19-29-13-11-10-12-14-29)23-22-43(8)30(38(37)45)15-16-33-42(7)20-18-35(52-36(49)26-40(3,4)39(50)51)41(5,6)32(42)17-21-44(33,43)9/h10-14,28,30,32-35,46,48H,15-27H2,1-9H3,(H,50,51)/t30-,32?,33-,34-,35+,42+,43-,44-,45+/m1/s1. The Morgan fingerprint density at radius 1 is 0.923 bits per heavy atom. The van der Waals surface area contributed by atoms with Gasteiger partial charge in [-0.05, 0) is 129 Å². The van der Waals surface area contributed by atoms with E-state index in [2.05, 4.69) is 78.0 Å². The Morgan fingerprint density at radius 3 is 2.27 bits per heavy atom. The molecule has 0 amide bonds. The van der Waals surface area contributed by atoms with E-state index in [1.165, 1.54) is 11.1 Å². The van der Waals surface area contributed by atoms with Crippen molar-refractivity contribution in [2.75, 3.05) is 13.1 Å². The summed E-state index contributed by atoms with van der Waals surface area (Å²) in [6, 6.07) is 10.4. The molecule has 1 unspecified atom stereocenters. The minimum atomic E-state index is -1.16. The molecule has 3 N–H and O–H groups in total. The Kier molecular flexibility index (Phi) is 10.3. The van der Waals surface area contributed by atoms with Gasteiger partial charge in [0, 0.05) is 23.8 Å². The third kappa shape index (κ3) is 6.12. The van der Waals surface area contributed by atoms with Gasteiger partial charge in [-0.2, -0.15) is 0 Å². The zero-order chi connectivity index (χ0) is 38.1. The fourth-order valence-electron chi connectivity index (χ4n) is 13.2. The number of rotatable bonds is 11. The van der Waals surface area contributed by atoms with Gasteiger partial charge in [0.25, 0.3) is 0 Å².